The predicted molar refractivity (Wildman–Crippen MR) is 118 cm³/mol. The molecule has 166 valence electrons. The second-order valence-corrected chi connectivity index (χ2v) is 7.10. The molecule has 0 radical (unpaired) electrons. The number of benzene rings is 3. The third kappa shape index (κ3) is 3.45. The fourth-order valence-electron chi connectivity index (χ4n) is 4.09. The number of hydrogen-bond acceptors (Lipinski definition) is 7. The van der Waals surface area contributed by atoms with E-state index in [-0.39, 0.29) is 0 Å². The number of carbonyl (C=O) groups excluding carboxylic acids is 1. The van der Waals surface area contributed by atoms with Gasteiger partial charge in [0, 0.05) is 40.8 Å². The normalized spacial score (nSPS) is 14.4. The zero-order valence-electron chi connectivity index (χ0n) is 18.6. The van der Waals surface area contributed by atoms with Gasteiger partial charge in [0.05, 0.1) is 41.1 Å². The fourth-order valence-corrected chi connectivity index (χ4v) is 4.09. The molecule has 7 nitrogen and oxygen atoms in total. The van der Waals surface area contributed by atoms with Gasteiger partial charge >= 0.3 is 5.97 Å². The molecule has 1 aliphatic heterocycles. The molecular weight excluding hydrogens is 412 g/mol. The van der Waals surface area contributed by atoms with Crippen LogP contribution >= 0.6 is 0 Å². The highest BCUT2D eigenvalue weighted by Gasteiger charge is 2.37. The first-order valence-corrected chi connectivity index (χ1v) is 9.93. The van der Waals surface area contributed by atoms with Crippen LogP contribution in [0.1, 0.15) is 33.0 Å². The van der Waals surface area contributed by atoms with Crippen molar-refractivity contribution in [2.75, 3.05) is 35.5 Å². The molecule has 7 heteroatoms. The van der Waals surface area contributed by atoms with E-state index in [2.05, 4.69) is 0 Å². The summed E-state index contributed by atoms with van der Waals surface area (Å²) in [6, 6.07) is 14.3. The number of ether oxygens (including phenoxy) is 6. The van der Waals surface area contributed by atoms with Gasteiger partial charge in [-0.15, -0.1) is 0 Å². The molecule has 0 N–H and O–H groups in total. The van der Waals surface area contributed by atoms with E-state index in [1.807, 2.05) is 18.2 Å². The lowest BCUT2D eigenvalue weighted by Gasteiger charge is -2.25. The molecule has 1 heterocycles. The van der Waals surface area contributed by atoms with Gasteiger partial charge in [0.25, 0.3) is 0 Å². The quantitative estimate of drug-likeness (QED) is 0.418. The highest BCUT2D eigenvalue weighted by molar-refractivity contribution is 5.96. The summed E-state index contributed by atoms with van der Waals surface area (Å²) in [7, 11) is 7.82. The van der Waals surface area contributed by atoms with E-state index >= 15 is 0 Å². The molecule has 0 saturated carbocycles. The maximum Gasteiger partial charge on any atom is 0.344 e. The Bertz CT molecular complexity index is 1140. The van der Waals surface area contributed by atoms with Crippen molar-refractivity contribution in [1.82, 2.24) is 0 Å². The summed E-state index contributed by atoms with van der Waals surface area (Å²) in [6.07, 6.45) is 0. The zero-order valence-corrected chi connectivity index (χ0v) is 18.6. The van der Waals surface area contributed by atoms with Crippen molar-refractivity contribution >= 4 is 5.97 Å². The van der Waals surface area contributed by atoms with Gasteiger partial charge in [-0.05, 0) is 12.1 Å². The highest BCUT2D eigenvalue weighted by atomic mass is 16.5. The van der Waals surface area contributed by atoms with Gasteiger partial charge in [-0.25, -0.2) is 4.79 Å². The molecule has 3 aromatic rings. The van der Waals surface area contributed by atoms with E-state index in [9.17, 15) is 4.79 Å². The molecule has 1 aliphatic rings. The van der Waals surface area contributed by atoms with Crippen LogP contribution in [0.5, 0.6) is 34.5 Å². The molecule has 4 rings (SSSR count). The maximum atomic E-state index is 13.2. The van der Waals surface area contributed by atoms with E-state index in [0.29, 0.717) is 51.2 Å². The lowest BCUT2D eigenvalue weighted by molar-refractivity contribution is 0.0735. The summed E-state index contributed by atoms with van der Waals surface area (Å²) in [6.45, 7) is 0. The molecule has 0 saturated heterocycles. The number of para-hydroxylation sites is 1. The van der Waals surface area contributed by atoms with Crippen LogP contribution in [-0.4, -0.2) is 41.5 Å². The van der Waals surface area contributed by atoms with Crippen molar-refractivity contribution < 1.29 is 33.2 Å². The Morgan fingerprint density at radius 1 is 0.688 bits per heavy atom. The van der Waals surface area contributed by atoms with Crippen molar-refractivity contribution in [3.8, 4) is 34.5 Å². The van der Waals surface area contributed by atoms with E-state index in [4.69, 9.17) is 28.4 Å². The first-order valence-electron chi connectivity index (χ1n) is 9.93. The number of rotatable bonds is 6. The Hall–Kier alpha value is -3.87. The predicted octanol–water partition coefficient (Wildman–Crippen LogP) is 4.44. The van der Waals surface area contributed by atoms with Gasteiger partial charge in [0.15, 0.2) is 0 Å². The smallest absolute Gasteiger partial charge is 0.344 e. The number of fused-ring (bicyclic) bond motifs is 2. The molecule has 0 amide bonds. The van der Waals surface area contributed by atoms with Gasteiger partial charge in [-0.1, -0.05) is 18.2 Å². The third-order valence-corrected chi connectivity index (χ3v) is 5.55. The molecule has 0 spiro atoms. The van der Waals surface area contributed by atoms with Crippen molar-refractivity contribution in [2.24, 2.45) is 0 Å². The molecule has 1 atom stereocenters. The molecular formula is C25H24O7. The van der Waals surface area contributed by atoms with Crippen LogP contribution in [0.4, 0.5) is 0 Å². The number of carbonyl (C=O) groups is 1. The fraction of sp³-hybridized carbons (Fsp3) is 0.240. The lowest BCUT2D eigenvalue weighted by Crippen LogP contribution is -2.13. The van der Waals surface area contributed by atoms with Crippen LogP contribution < -0.4 is 28.4 Å². The van der Waals surface area contributed by atoms with Gasteiger partial charge in [0.1, 0.15) is 34.5 Å². The van der Waals surface area contributed by atoms with Crippen molar-refractivity contribution in [3.63, 3.8) is 0 Å². The molecule has 0 aromatic heterocycles. The van der Waals surface area contributed by atoms with Crippen LogP contribution in [0, 0.1) is 0 Å². The molecule has 32 heavy (non-hydrogen) atoms. The minimum Gasteiger partial charge on any atom is -0.497 e. The number of methoxy groups -OCH3 is 5. The van der Waals surface area contributed by atoms with Crippen molar-refractivity contribution in [1.29, 1.82) is 0 Å². The summed E-state index contributed by atoms with van der Waals surface area (Å²) in [5.74, 6) is 2.08. The Kier molecular flexibility index (Phi) is 5.81. The van der Waals surface area contributed by atoms with Gasteiger partial charge in [0.2, 0.25) is 0 Å². The summed E-state index contributed by atoms with van der Waals surface area (Å²) >= 11 is 0. The minimum absolute atomic E-state index is 0.335. The summed E-state index contributed by atoms with van der Waals surface area (Å²) in [5, 5.41) is 0. The van der Waals surface area contributed by atoms with Crippen LogP contribution in [0.2, 0.25) is 0 Å². The molecule has 0 bridgehead atoms. The van der Waals surface area contributed by atoms with Crippen molar-refractivity contribution in [2.45, 2.75) is 5.92 Å². The first-order chi connectivity index (χ1) is 15.6. The summed E-state index contributed by atoms with van der Waals surface area (Å²) in [4.78, 5) is 13.2. The van der Waals surface area contributed by atoms with E-state index in [1.165, 1.54) is 7.11 Å². The highest BCUT2D eigenvalue weighted by Crippen LogP contribution is 2.52. The van der Waals surface area contributed by atoms with Crippen LogP contribution in [-0.2, 0) is 0 Å². The van der Waals surface area contributed by atoms with Gasteiger partial charge < -0.3 is 28.4 Å². The number of hydrogen-bond donors (Lipinski definition) is 0. The number of esters is 1. The standard InChI is InChI=1S/C25H24O7/c1-27-14-10-17-22(19(11-14)29-3)23(16-8-6-7-9-18(16)32-25(17)26)24-20(30-4)12-15(28-2)13-21(24)31-5/h6-13,23H,1-5H3. The molecule has 1 unspecified atom stereocenters. The Balaban J connectivity index is 2.14. The van der Waals surface area contributed by atoms with E-state index < -0.39 is 11.9 Å². The monoisotopic (exact) mass is 436 g/mol. The molecule has 0 aliphatic carbocycles. The van der Waals surface area contributed by atoms with E-state index in [0.717, 1.165) is 5.56 Å². The Morgan fingerprint density at radius 2 is 1.22 bits per heavy atom. The molecule has 3 aromatic carbocycles. The van der Waals surface area contributed by atoms with Crippen LogP contribution in [0.25, 0.3) is 0 Å². The average Bonchev–Trinajstić information content (AvgIpc) is 2.96. The first kappa shape index (κ1) is 21.4. The second-order valence-electron chi connectivity index (χ2n) is 7.10. The molecule has 0 fully saturated rings. The zero-order chi connectivity index (χ0) is 22.8. The largest absolute Gasteiger partial charge is 0.497 e. The SMILES string of the molecule is COc1cc(OC)c(C2c3ccccc3OC(=O)c3cc(OC)cc(OC)c32)c(OC)c1. The van der Waals surface area contributed by atoms with Crippen molar-refractivity contribution in [3.05, 3.63) is 70.8 Å². The topological polar surface area (TPSA) is 72.5 Å². The third-order valence-electron chi connectivity index (χ3n) is 5.55. The van der Waals surface area contributed by atoms with E-state index in [1.54, 1.807) is 58.8 Å². The second kappa shape index (κ2) is 8.70. The van der Waals surface area contributed by atoms with Gasteiger partial charge in [-0.2, -0.15) is 0 Å². The van der Waals surface area contributed by atoms with Crippen LogP contribution in [0.15, 0.2) is 48.5 Å². The Morgan fingerprint density at radius 3 is 1.78 bits per heavy atom. The lowest BCUT2D eigenvalue weighted by atomic mass is 9.81. The van der Waals surface area contributed by atoms with Gasteiger partial charge in [-0.3, -0.25) is 0 Å². The maximum absolute atomic E-state index is 13.2. The average molecular weight is 436 g/mol. The summed E-state index contributed by atoms with van der Waals surface area (Å²) in [5.41, 5.74) is 2.45. The Labute approximate surface area is 186 Å². The minimum atomic E-state index is -0.501. The summed E-state index contributed by atoms with van der Waals surface area (Å²) < 4.78 is 33.8. The van der Waals surface area contributed by atoms with Crippen LogP contribution in [0.3, 0.4) is 0 Å².